The van der Waals surface area contributed by atoms with Crippen LogP contribution < -0.4 is 5.32 Å². The molecule has 76 valence electrons. The van der Waals surface area contributed by atoms with E-state index in [0.29, 0.717) is 6.04 Å². The number of pyridine rings is 1. The minimum atomic E-state index is 0.601. The topological polar surface area (TPSA) is 24.9 Å². The van der Waals surface area contributed by atoms with Crippen LogP contribution in [-0.4, -0.2) is 22.0 Å². The van der Waals surface area contributed by atoms with Crippen LogP contribution in [0.15, 0.2) is 18.3 Å². The zero-order valence-corrected chi connectivity index (χ0v) is 9.47. The van der Waals surface area contributed by atoms with Crippen molar-refractivity contribution in [2.45, 2.75) is 31.6 Å². The fraction of sp³-hybridized carbons (Fsp3) is 0.545. The molecule has 1 aromatic rings. The first-order valence-corrected chi connectivity index (χ1v) is 6.10. The van der Waals surface area contributed by atoms with E-state index >= 15 is 0 Å². The molecule has 0 aromatic carbocycles. The van der Waals surface area contributed by atoms with Crippen molar-refractivity contribution in [1.82, 2.24) is 4.98 Å². The molecule has 14 heavy (non-hydrogen) atoms. The van der Waals surface area contributed by atoms with Crippen molar-refractivity contribution in [3.63, 3.8) is 0 Å². The van der Waals surface area contributed by atoms with Gasteiger partial charge in [-0.25, -0.2) is 4.98 Å². The first-order valence-electron chi connectivity index (χ1n) is 5.05. The van der Waals surface area contributed by atoms with Crippen molar-refractivity contribution in [2.24, 2.45) is 0 Å². The summed E-state index contributed by atoms with van der Waals surface area (Å²) in [6.07, 6.45) is 3.11. The van der Waals surface area contributed by atoms with Crippen molar-refractivity contribution >= 4 is 17.6 Å². The molecular weight excluding hydrogens is 192 g/mol. The van der Waals surface area contributed by atoms with Gasteiger partial charge in [0.15, 0.2) is 0 Å². The normalized spacial score (nSPS) is 26.4. The Morgan fingerprint density at radius 1 is 1.57 bits per heavy atom. The van der Waals surface area contributed by atoms with Gasteiger partial charge in [0.1, 0.15) is 5.82 Å². The standard InChI is InChI=1S/C11H16N2S/c1-8-3-4-12-11(5-8)13-10-6-9(2)14-7-10/h3-5,9-10H,6-7H2,1-2H3,(H,12,13). The number of nitrogens with one attached hydrogen (secondary N) is 1. The van der Waals surface area contributed by atoms with Gasteiger partial charge < -0.3 is 5.32 Å². The second-order valence-corrected chi connectivity index (χ2v) is 5.41. The van der Waals surface area contributed by atoms with Crippen LogP contribution in [0.1, 0.15) is 18.9 Å². The molecule has 1 aliphatic heterocycles. The number of nitrogens with zero attached hydrogens (tertiary/aromatic N) is 1. The lowest BCUT2D eigenvalue weighted by Gasteiger charge is -2.12. The van der Waals surface area contributed by atoms with E-state index in [2.05, 4.69) is 30.2 Å². The highest BCUT2D eigenvalue weighted by Gasteiger charge is 2.21. The summed E-state index contributed by atoms with van der Waals surface area (Å²) < 4.78 is 0. The van der Waals surface area contributed by atoms with Crippen LogP contribution in [0.5, 0.6) is 0 Å². The molecule has 0 amide bonds. The van der Waals surface area contributed by atoms with Crippen LogP contribution in [0.2, 0.25) is 0 Å². The molecule has 0 radical (unpaired) electrons. The Kier molecular flexibility index (Phi) is 2.96. The first-order chi connectivity index (χ1) is 6.74. The molecule has 1 saturated heterocycles. The highest BCUT2D eigenvalue weighted by molar-refractivity contribution is 8.00. The molecule has 3 heteroatoms. The van der Waals surface area contributed by atoms with Gasteiger partial charge in [-0.15, -0.1) is 0 Å². The molecule has 1 aliphatic rings. The molecule has 0 spiro atoms. The molecule has 1 fully saturated rings. The predicted octanol–water partition coefficient (Wildman–Crippen LogP) is 2.70. The molecule has 0 saturated carbocycles. The van der Waals surface area contributed by atoms with E-state index in [-0.39, 0.29) is 0 Å². The summed E-state index contributed by atoms with van der Waals surface area (Å²) >= 11 is 2.04. The van der Waals surface area contributed by atoms with Crippen LogP contribution >= 0.6 is 11.8 Å². The van der Waals surface area contributed by atoms with Crippen molar-refractivity contribution in [1.29, 1.82) is 0 Å². The monoisotopic (exact) mass is 208 g/mol. The number of anilines is 1. The van der Waals surface area contributed by atoms with Crippen molar-refractivity contribution < 1.29 is 0 Å². The predicted molar refractivity (Wildman–Crippen MR) is 62.9 cm³/mol. The van der Waals surface area contributed by atoms with Crippen LogP contribution in [0, 0.1) is 6.92 Å². The molecule has 2 heterocycles. The maximum atomic E-state index is 4.31. The molecule has 2 rings (SSSR count). The first kappa shape index (κ1) is 9.84. The van der Waals surface area contributed by atoms with Gasteiger partial charge >= 0.3 is 0 Å². The maximum Gasteiger partial charge on any atom is 0.126 e. The Labute approximate surface area is 89.5 Å². The van der Waals surface area contributed by atoms with Gasteiger partial charge in [0.25, 0.3) is 0 Å². The maximum absolute atomic E-state index is 4.31. The van der Waals surface area contributed by atoms with Gasteiger partial charge in [0, 0.05) is 23.2 Å². The van der Waals surface area contributed by atoms with E-state index in [1.165, 1.54) is 17.7 Å². The zero-order chi connectivity index (χ0) is 9.97. The van der Waals surface area contributed by atoms with Gasteiger partial charge in [0.2, 0.25) is 0 Å². The molecule has 2 unspecified atom stereocenters. The summed E-state index contributed by atoms with van der Waals surface area (Å²) in [7, 11) is 0. The Morgan fingerprint density at radius 3 is 3.07 bits per heavy atom. The highest BCUT2D eigenvalue weighted by Crippen LogP contribution is 2.27. The summed E-state index contributed by atoms with van der Waals surface area (Å²) in [5, 5.41) is 4.27. The minimum Gasteiger partial charge on any atom is -0.366 e. The smallest absolute Gasteiger partial charge is 0.126 e. The molecule has 2 atom stereocenters. The Hall–Kier alpha value is -0.700. The van der Waals surface area contributed by atoms with Crippen molar-refractivity contribution in [3.05, 3.63) is 23.9 Å². The van der Waals surface area contributed by atoms with Gasteiger partial charge in [-0.1, -0.05) is 6.92 Å². The molecule has 1 aromatic heterocycles. The Morgan fingerprint density at radius 2 is 2.43 bits per heavy atom. The van der Waals surface area contributed by atoms with Gasteiger partial charge in [0.05, 0.1) is 0 Å². The van der Waals surface area contributed by atoms with E-state index in [9.17, 15) is 0 Å². The summed E-state index contributed by atoms with van der Waals surface area (Å²) in [6.45, 7) is 4.38. The molecule has 1 N–H and O–H groups in total. The van der Waals surface area contributed by atoms with Crippen molar-refractivity contribution in [2.75, 3.05) is 11.1 Å². The Bertz CT molecular complexity index is 314. The van der Waals surface area contributed by atoms with Crippen LogP contribution in [-0.2, 0) is 0 Å². The summed E-state index contributed by atoms with van der Waals surface area (Å²) in [5.41, 5.74) is 1.26. The third-order valence-corrected chi connectivity index (χ3v) is 3.82. The SMILES string of the molecule is Cc1ccnc(NC2CSC(C)C2)c1. The van der Waals surface area contributed by atoms with Crippen molar-refractivity contribution in [3.8, 4) is 0 Å². The van der Waals surface area contributed by atoms with E-state index in [0.717, 1.165) is 11.1 Å². The zero-order valence-electron chi connectivity index (χ0n) is 8.66. The number of thioether (sulfide) groups is 1. The van der Waals surface area contributed by atoms with Crippen LogP contribution in [0.4, 0.5) is 5.82 Å². The molecule has 0 bridgehead atoms. The number of hydrogen-bond acceptors (Lipinski definition) is 3. The fourth-order valence-corrected chi connectivity index (χ4v) is 2.89. The van der Waals surface area contributed by atoms with Gasteiger partial charge in [-0.05, 0) is 31.0 Å². The number of aryl methyl sites for hydroxylation is 1. The average molecular weight is 208 g/mol. The lowest BCUT2D eigenvalue weighted by atomic mass is 10.2. The quantitative estimate of drug-likeness (QED) is 0.809. The van der Waals surface area contributed by atoms with E-state index in [1.54, 1.807) is 0 Å². The summed E-state index contributed by atoms with van der Waals surface area (Å²) in [6, 6.07) is 4.73. The summed E-state index contributed by atoms with van der Waals surface area (Å²) in [4.78, 5) is 4.31. The van der Waals surface area contributed by atoms with E-state index < -0.39 is 0 Å². The minimum absolute atomic E-state index is 0.601. The lowest BCUT2D eigenvalue weighted by molar-refractivity contribution is 0.743. The Balaban J connectivity index is 1.97. The molecular formula is C11H16N2S. The number of hydrogen-bond donors (Lipinski definition) is 1. The molecule has 2 nitrogen and oxygen atoms in total. The van der Waals surface area contributed by atoms with Gasteiger partial charge in [-0.3, -0.25) is 0 Å². The fourth-order valence-electron chi connectivity index (χ4n) is 1.74. The number of aromatic nitrogens is 1. The van der Waals surface area contributed by atoms with E-state index in [1.807, 2.05) is 24.0 Å². The highest BCUT2D eigenvalue weighted by atomic mass is 32.2. The number of rotatable bonds is 2. The molecule has 0 aliphatic carbocycles. The lowest BCUT2D eigenvalue weighted by Crippen LogP contribution is -2.19. The summed E-state index contributed by atoms with van der Waals surface area (Å²) in [5.74, 6) is 2.22. The second kappa shape index (κ2) is 4.22. The van der Waals surface area contributed by atoms with E-state index in [4.69, 9.17) is 0 Å². The van der Waals surface area contributed by atoms with Crippen LogP contribution in [0.25, 0.3) is 0 Å². The second-order valence-electron chi connectivity index (χ2n) is 3.94. The van der Waals surface area contributed by atoms with Crippen LogP contribution in [0.3, 0.4) is 0 Å². The third kappa shape index (κ3) is 2.41. The van der Waals surface area contributed by atoms with Gasteiger partial charge in [-0.2, -0.15) is 11.8 Å². The average Bonchev–Trinajstić information content (AvgIpc) is 2.51. The largest absolute Gasteiger partial charge is 0.366 e. The third-order valence-electron chi connectivity index (χ3n) is 2.47.